The third-order valence-electron chi connectivity index (χ3n) is 1.41. The summed E-state index contributed by atoms with van der Waals surface area (Å²) in [7, 11) is 0. The number of cyclic esters (lactones) is 1. The lowest BCUT2D eigenvalue weighted by molar-refractivity contribution is -0.141. The molecule has 48 valence electrons. The van der Waals surface area contributed by atoms with Gasteiger partial charge < -0.3 is 4.74 Å². The smallest absolute Gasteiger partial charge is 0.310 e. The average Bonchev–Trinajstić information content (AvgIpc) is 2.18. The fourth-order valence-electron chi connectivity index (χ4n) is 0.865. The molecular formula is C7H8O2. The fourth-order valence-corrected chi connectivity index (χ4v) is 0.865. The summed E-state index contributed by atoms with van der Waals surface area (Å²) in [5.74, 6) is 2.29. The molecule has 1 atom stereocenters. The molecular weight excluding hydrogens is 116 g/mol. The van der Waals surface area contributed by atoms with Crippen molar-refractivity contribution in [2.45, 2.75) is 12.8 Å². The molecule has 1 fully saturated rings. The molecule has 0 N–H and O–H groups in total. The average molecular weight is 124 g/mol. The van der Waals surface area contributed by atoms with E-state index in [1.54, 1.807) is 0 Å². The molecule has 0 unspecified atom stereocenters. The van der Waals surface area contributed by atoms with E-state index in [-0.39, 0.29) is 11.9 Å². The van der Waals surface area contributed by atoms with E-state index in [1.807, 2.05) is 0 Å². The number of hydrogen-bond acceptors (Lipinski definition) is 2. The molecule has 0 aromatic carbocycles. The second-order valence-corrected chi connectivity index (χ2v) is 2.06. The zero-order valence-electron chi connectivity index (χ0n) is 5.09. The van der Waals surface area contributed by atoms with Crippen LogP contribution in [0.15, 0.2) is 0 Å². The minimum absolute atomic E-state index is 0.0185. The maximum Gasteiger partial charge on any atom is 0.310 e. The van der Waals surface area contributed by atoms with Crippen LogP contribution in [0.2, 0.25) is 0 Å². The molecule has 2 nitrogen and oxygen atoms in total. The van der Waals surface area contributed by atoms with Gasteiger partial charge in [-0.15, -0.1) is 12.3 Å². The van der Waals surface area contributed by atoms with Crippen molar-refractivity contribution >= 4 is 5.97 Å². The predicted molar refractivity (Wildman–Crippen MR) is 32.5 cm³/mol. The molecule has 1 aliphatic heterocycles. The third kappa shape index (κ3) is 1.23. The van der Waals surface area contributed by atoms with Crippen molar-refractivity contribution in [1.82, 2.24) is 0 Å². The van der Waals surface area contributed by atoms with E-state index in [0.717, 1.165) is 6.42 Å². The van der Waals surface area contributed by atoms with Crippen LogP contribution in [0.1, 0.15) is 12.8 Å². The summed E-state index contributed by atoms with van der Waals surface area (Å²) in [5.41, 5.74) is 0. The van der Waals surface area contributed by atoms with Crippen LogP contribution in [-0.4, -0.2) is 12.6 Å². The Hall–Kier alpha value is -0.970. The summed E-state index contributed by atoms with van der Waals surface area (Å²) >= 11 is 0. The van der Waals surface area contributed by atoms with Crippen LogP contribution >= 0.6 is 0 Å². The van der Waals surface area contributed by atoms with Crippen molar-refractivity contribution < 1.29 is 9.53 Å². The van der Waals surface area contributed by atoms with Crippen LogP contribution in [0.4, 0.5) is 0 Å². The van der Waals surface area contributed by atoms with Crippen LogP contribution in [0.3, 0.4) is 0 Å². The topological polar surface area (TPSA) is 26.3 Å². The second-order valence-electron chi connectivity index (χ2n) is 2.06. The van der Waals surface area contributed by atoms with Crippen LogP contribution in [-0.2, 0) is 9.53 Å². The molecule has 2 heteroatoms. The Morgan fingerprint density at radius 2 is 2.67 bits per heavy atom. The van der Waals surface area contributed by atoms with Crippen molar-refractivity contribution in [3.8, 4) is 12.3 Å². The van der Waals surface area contributed by atoms with Gasteiger partial charge >= 0.3 is 5.97 Å². The lowest BCUT2D eigenvalue weighted by Gasteiger charge is -1.95. The van der Waals surface area contributed by atoms with Crippen LogP contribution in [0.5, 0.6) is 0 Å². The molecule has 0 aliphatic carbocycles. The van der Waals surface area contributed by atoms with Crippen molar-refractivity contribution in [1.29, 1.82) is 0 Å². The van der Waals surface area contributed by atoms with E-state index in [1.165, 1.54) is 0 Å². The largest absolute Gasteiger partial charge is 0.465 e. The molecule has 0 radical (unpaired) electrons. The Bertz CT molecular complexity index is 155. The standard InChI is InChI=1S/C7H8O2/c1-2-3-6-4-5-9-7(6)8/h1,6H,3-5H2/t6-/m1/s1. The van der Waals surface area contributed by atoms with Gasteiger partial charge in [-0.05, 0) is 6.42 Å². The molecule has 1 heterocycles. The van der Waals surface area contributed by atoms with Gasteiger partial charge in [0, 0.05) is 6.42 Å². The summed E-state index contributed by atoms with van der Waals surface area (Å²) in [5, 5.41) is 0. The normalized spacial score (nSPS) is 25.2. The minimum atomic E-state index is -0.132. The lowest BCUT2D eigenvalue weighted by Crippen LogP contribution is -2.05. The number of carbonyl (C=O) groups is 1. The minimum Gasteiger partial charge on any atom is -0.465 e. The first-order valence-electron chi connectivity index (χ1n) is 2.94. The highest BCUT2D eigenvalue weighted by molar-refractivity contribution is 5.74. The first-order valence-corrected chi connectivity index (χ1v) is 2.94. The van der Waals surface area contributed by atoms with Gasteiger partial charge in [0.2, 0.25) is 0 Å². The molecule has 0 bridgehead atoms. The first-order chi connectivity index (χ1) is 4.34. The SMILES string of the molecule is C#CC[C@@H]1CCOC1=O. The van der Waals surface area contributed by atoms with Crippen LogP contribution in [0.25, 0.3) is 0 Å². The summed E-state index contributed by atoms with van der Waals surface area (Å²) < 4.78 is 4.68. The fraction of sp³-hybridized carbons (Fsp3) is 0.571. The lowest BCUT2D eigenvalue weighted by atomic mass is 10.1. The molecule has 1 aliphatic rings. The van der Waals surface area contributed by atoms with Crippen molar-refractivity contribution in [2.75, 3.05) is 6.61 Å². The third-order valence-corrected chi connectivity index (χ3v) is 1.41. The van der Waals surface area contributed by atoms with Gasteiger partial charge in [0.25, 0.3) is 0 Å². The number of hydrogen-bond donors (Lipinski definition) is 0. The van der Waals surface area contributed by atoms with Gasteiger partial charge in [-0.25, -0.2) is 0 Å². The molecule has 9 heavy (non-hydrogen) atoms. The highest BCUT2D eigenvalue weighted by Crippen LogP contribution is 2.16. The van der Waals surface area contributed by atoms with E-state index >= 15 is 0 Å². The van der Waals surface area contributed by atoms with Crippen LogP contribution < -0.4 is 0 Å². The van der Waals surface area contributed by atoms with E-state index in [9.17, 15) is 4.79 Å². The maximum absolute atomic E-state index is 10.6. The molecule has 1 saturated heterocycles. The molecule has 1 rings (SSSR count). The van der Waals surface area contributed by atoms with Gasteiger partial charge in [0.05, 0.1) is 12.5 Å². The molecule has 0 spiro atoms. The summed E-state index contributed by atoms with van der Waals surface area (Å²) in [6.07, 6.45) is 6.33. The Morgan fingerprint density at radius 3 is 3.11 bits per heavy atom. The quantitative estimate of drug-likeness (QED) is 0.377. The molecule has 0 amide bonds. The summed E-state index contributed by atoms with van der Waals surface area (Å²) in [4.78, 5) is 10.6. The van der Waals surface area contributed by atoms with E-state index in [0.29, 0.717) is 13.0 Å². The Kier molecular flexibility index (Phi) is 1.74. The van der Waals surface area contributed by atoms with Crippen LogP contribution in [0, 0.1) is 18.3 Å². The number of ether oxygens (including phenoxy) is 1. The highest BCUT2D eigenvalue weighted by Gasteiger charge is 2.24. The van der Waals surface area contributed by atoms with Gasteiger partial charge in [0.15, 0.2) is 0 Å². The Labute approximate surface area is 54.2 Å². The van der Waals surface area contributed by atoms with Gasteiger partial charge in [0.1, 0.15) is 0 Å². The summed E-state index contributed by atoms with van der Waals surface area (Å²) in [6, 6.07) is 0. The first kappa shape index (κ1) is 6.15. The second kappa shape index (κ2) is 2.54. The van der Waals surface area contributed by atoms with Gasteiger partial charge in [-0.1, -0.05) is 0 Å². The maximum atomic E-state index is 10.6. The number of rotatable bonds is 1. The van der Waals surface area contributed by atoms with Crippen molar-refractivity contribution in [3.63, 3.8) is 0 Å². The summed E-state index contributed by atoms with van der Waals surface area (Å²) in [6.45, 7) is 0.547. The number of terminal acetylenes is 1. The molecule has 0 saturated carbocycles. The zero-order chi connectivity index (χ0) is 6.69. The van der Waals surface area contributed by atoms with E-state index in [4.69, 9.17) is 6.42 Å². The monoisotopic (exact) mass is 124 g/mol. The highest BCUT2D eigenvalue weighted by atomic mass is 16.5. The number of carbonyl (C=O) groups excluding carboxylic acids is 1. The number of esters is 1. The van der Waals surface area contributed by atoms with Gasteiger partial charge in [-0.3, -0.25) is 4.79 Å². The van der Waals surface area contributed by atoms with E-state index < -0.39 is 0 Å². The molecule has 0 aromatic rings. The predicted octanol–water partition coefficient (Wildman–Crippen LogP) is 0.573. The Balaban J connectivity index is 2.42. The zero-order valence-corrected chi connectivity index (χ0v) is 5.09. The Morgan fingerprint density at radius 1 is 1.89 bits per heavy atom. The van der Waals surface area contributed by atoms with Crippen molar-refractivity contribution in [2.24, 2.45) is 5.92 Å². The molecule has 0 aromatic heterocycles. The van der Waals surface area contributed by atoms with E-state index in [2.05, 4.69) is 10.7 Å². The van der Waals surface area contributed by atoms with Crippen molar-refractivity contribution in [3.05, 3.63) is 0 Å². The van der Waals surface area contributed by atoms with Gasteiger partial charge in [-0.2, -0.15) is 0 Å².